The molecule has 0 aromatic heterocycles. The van der Waals surface area contributed by atoms with E-state index in [1.54, 1.807) is 31.2 Å². The summed E-state index contributed by atoms with van der Waals surface area (Å²) < 4.78 is 18.1. The zero-order chi connectivity index (χ0) is 16.1. The Morgan fingerprint density at radius 2 is 1.91 bits per heavy atom. The van der Waals surface area contributed by atoms with Gasteiger partial charge in [0.25, 0.3) is 5.91 Å². The number of esters is 1. The van der Waals surface area contributed by atoms with E-state index in [4.69, 9.17) is 4.74 Å². The molecule has 0 aliphatic heterocycles. The molecule has 0 bridgehead atoms. The first-order valence-corrected chi connectivity index (χ1v) is 6.75. The summed E-state index contributed by atoms with van der Waals surface area (Å²) in [6.07, 6.45) is 0. The van der Waals surface area contributed by atoms with Gasteiger partial charge < -0.3 is 10.1 Å². The number of anilines is 1. The number of carbonyl (C=O) groups is 2. The molecule has 0 atom stereocenters. The molecule has 0 spiro atoms. The van der Waals surface area contributed by atoms with Crippen LogP contribution in [-0.4, -0.2) is 18.5 Å². The SMILES string of the molecule is Cc1cccc(C(=O)OCC(=O)Nc2cc(F)ccc2C)c1. The van der Waals surface area contributed by atoms with Gasteiger partial charge in [-0.25, -0.2) is 9.18 Å². The van der Waals surface area contributed by atoms with Gasteiger partial charge in [0, 0.05) is 5.69 Å². The van der Waals surface area contributed by atoms with Gasteiger partial charge in [0.05, 0.1) is 5.56 Å². The normalized spacial score (nSPS) is 10.1. The molecule has 1 N–H and O–H groups in total. The number of aryl methyl sites for hydroxylation is 2. The fraction of sp³-hybridized carbons (Fsp3) is 0.176. The Morgan fingerprint density at radius 1 is 1.14 bits per heavy atom. The number of hydrogen-bond acceptors (Lipinski definition) is 3. The molecule has 0 saturated heterocycles. The second kappa shape index (κ2) is 6.85. The van der Waals surface area contributed by atoms with Gasteiger partial charge in [-0.15, -0.1) is 0 Å². The molecule has 2 rings (SSSR count). The molecule has 22 heavy (non-hydrogen) atoms. The number of ether oxygens (including phenoxy) is 1. The number of halogens is 1. The molecule has 0 radical (unpaired) electrons. The predicted octanol–water partition coefficient (Wildman–Crippen LogP) is 3.24. The second-order valence-electron chi connectivity index (χ2n) is 4.95. The fourth-order valence-electron chi connectivity index (χ4n) is 1.90. The highest BCUT2D eigenvalue weighted by Gasteiger charge is 2.11. The van der Waals surface area contributed by atoms with E-state index in [2.05, 4.69) is 5.32 Å². The van der Waals surface area contributed by atoms with E-state index in [9.17, 15) is 14.0 Å². The summed E-state index contributed by atoms with van der Waals surface area (Å²) in [5.41, 5.74) is 2.39. The van der Waals surface area contributed by atoms with Crippen molar-refractivity contribution >= 4 is 17.6 Å². The summed E-state index contributed by atoms with van der Waals surface area (Å²) in [7, 11) is 0. The van der Waals surface area contributed by atoms with Crippen LogP contribution >= 0.6 is 0 Å². The average Bonchev–Trinajstić information content (AvgIpc) is 2.48. The lowest BCUT2D eigenvalue weighted by Gasteiger charge is -2.09. The lowest BCUT2D eigenvalue weighted by atomic mass is 10.1. The number of amides is 1. The van der Waals surface area contributed by atoms with Crippen LogP contribution in [0.15, 0.2) is 42.5 Å². The summed E-state index contributed by atoms with van der Waals surface area (Å²) >= 11 is 0. The molecule has 114 valence electrons. The van der Waals surface area contributed by atoms with E-state index in [1.807, 2.05) is 13.0 Å². The number of benzene rings is 2. The highest BCUT2D eigenvalue weighted by molar-refractivity contribution is 5.95. The van der Waals surface area contributed by atoms with Crippen LogP contribution in [-0.2, 0) is 9.53 Å². The molecule has 0 saturated carbocycles. The molecule has 0 fully saturated rings. The minimum Gasteiger partial charge on any atom is -0.452 e. The molecule has 2 aromatic rings. The van der Waals surface area contributed by atoms with Crippen LogP contribution in [0.2, 0.25) is 0 Å². The molecule has 2 aromatic carbocycles. The van der Waals surface area contributed by atoms with Gasteiger partial charge in [0.2, 0.25) is 0 Å². The Morgan fingerprint density at radius 3 is 2.64 bits per heavy atom. The zero-order valence-electron chi connectivity index (χ0n) is 12.4. The van der Waals surface area contributed by atoms with Crippen molar-refractivity contribution in [3.8, 4) is 0 Å². The minimum absolute atomic E-state index is 0.358. The largest absolute Gasteiger partial charge is 0.452 e. The average molecular weight is 301 g/mol. The maximum absolute atomic E-state index is 13.1. The van der Waals surface area contributed by atoms with Crippen LogP contribution in [0.25, 0.3) is 0 Å². The van der Waals surface area contributed by atoms with Crippen molar-refractivity contribution in [3.05, 3.63) is 65.0 Å². The van der Waals surface area contributed by atoms with Crippen molar-refractivity contribution in [2.24, 2.45) is 0 Å². The molecule has 0 heterocycles. The van der Waals surface area contributed by atoms with E-state index in [1.165, 1.54) is 12.1 Å². The minimum atomic E-state index is -0.574. The van der Waals surface area contributed by atoms with Gasteiger partial charge in [-0.05, 0) is 43.7 Å². The van der Waals surface area contributed by atoms with Crippen LogP contribution < -0.4 is 5.32 Å². The van der Waals surface area contributed by atoms with Gasteiger partial charge >= 0.3 is 5.97 Å². The Bertz CT molecular complexity index is 713. The first kappa shape index (κ1) is 15.7. The van der Waals surface area contributed by atoms with Crippen molar-refractivity contribution in [2.75, 3.05) is 11.9 Å². The standard InChI is InChI=1S/C17H16FNO3/c1-11-4-3-5-13(8-11)17(21)22-10-16(20)19-15-9-14(18)7-6-12(15)2/h3-9H,10H2,1-2H3,(H,19,20). The molecule has 4 nitrogen and oxygen atoms in total. The van der Waals surface area contributed by atoms with E-state index < -0.39 is 24.3 Å². The summed E-state index contributed by atoms with van der Waals surface area (Å²) in [5.74, 6) is -1.54. The smallest absolute Gasteiger partial charge is 0.338 e. The van der Waals surface area contributed by atoms with Crippen molar-refractivity contribution in [1.29, 1.82) is 0 Å². The fourth-order valence-corrected chi connectivity index (χ4v) is 1.90. The van der Waals surface area contributed by atoms with E-state index in [0.717, 1.165) is 11.1 Å². The monoisotopic (exact) mass is 301 g/mol. The van der Waals surface area contributed by atoms with Crippen LogP contribution in [0.4, 0.5) is 10.1 Å². The zero-order valence-corrected chi connectivity index (χ0v) is 12.4. The molecular formula is C17H16FNO3. The first-order valence-electron chi connectivity index (χ1n) is 6.75. The second-order valence-corrected chi connectivity index (χ2v) is 4.95. The summed E-state index contributed by atoms with van der Waals surface area (Å²) in [6.45, 7) is 3.17. The summed E-state index contributed by atoms with van der Waals surface area (Å²) in [5, 5.41) is 2.51. The van der Waals surface area contributed by atoms with E-state index in [0.29, 0.717) is 11.3 Å². The van der Waals surface area contributed by atoms with E-state index >= 15 is 0 Å². The predicted molar refractivity (Wildman–Crippen MR) is 81.2 cm³/mol. The number of carbonyl (C=O) groups excluding carboxylic acids is 2. The van der Waals surface area contributed by atoms with Crippen LogP contribution in [0.5, 0.6) is 0 Å². The van der Waals surface area contributed by atoms with Gasteiger partial charge in [-0.3, -0.25) is 4.79 Å². The van der Waals surface area contributed by atoms with Gasteiger partial charge in [-0.2, -0.15) is 0 Å². The lowest BCUT2D eigenvalue weighted by Crippen LogP contribution is -2.21. The quantitative estimate of drug-likeness (QED) is 0.882. The van der Waals surface area contributed by atoms with Crippen molar-refractivity contribution < 1.29 is 18.7 Å². The first-order chi connectivity index (χ1) is 10.5. The Balaban J connectivity index is 1.93. The molecule has 0 unspecified atom stereocenters. The number of rotatable bonds is 4. The van der Waals surface area contributed by atoms with Crippen molar-refractivity contribution in [3.63, 3.8) is 0 Å². The lowest BCUT2D eigenvalue weighted by molar-refractivity contribution is -0.119. The summed E-state index contributed by atoms with van der Waals surface area (Å²) in [4.78, 5) is 23.6. The number of hydrogen-bond donors (Lipinski definition) is 1. The third kappa shape index (κ3) is 4.15. The third-order valence-corrected chi connectivity index (χ3v) is 3.06. The molecule has 0 aliphatic carbocycles. The Kier molecular flexibility index (Phi) is 4.88. The van der Waals surface area contributed by atoms with Crippen molar-refractivity contribution in [1.82, 2.24) is 0 Å². The number of nitrogens with one attached hydrogen (secondary N) is 1. The maximum Gasteiger partial charge on any atom is 0.338 e. The highest BCUT2D eigenvalue weighted by atomic mass is 19.1. The Hall–Kier alpha value is -2.69. The molecule has 0 aliphatic rings. The summed E-state index contributed by atoms with van der Waals surface area (Å²) in [6, 6.07) is 11.0. The van der Waals surface area contributed by atoms with Gasteiger partial charge in [0.15, 0.2) is 6.61 Å². The van der Waals surface area contributed by atoms with Gasteiger partial charge in [-0.1, -0.05) is 23.8 Å². The van der Waals surface area contributed by atoms with Crippen LogP contribution in [0.1, 0.15) is 21.5 Å². The van der Waals surface area contributed by atoms with Crippen molar-refractivity contribution in [2.45, 2.75) is 13.8 Å². The van der Waals surface area contributed by atoms with Crippen LogP contribution in [0.3, 0.4) is 0 Å². The highest BCUT2D eigenvalue weighted by Crippen LogP contribution is 2.15. The topological polar surface area (TPSA) is 55.4 Å². The van der Waals surface area contributed by atoms with Crippen LogP contribution in [0, 0.1) is 19.7 Å². The Labute approximate surface area is 127 Å². The molecular weight excluding hydrogens is 285 g/mol. The third-order valence-electron chi connectivity index (χ3n) is 3.06. The molecule has 5 heteroatoms. The van der Waals surface area contributed by atoms with Gasteiger partial charge in [0.1, 0.15) is 5.82 Å². The molecule has 1 amide bonds. The van der Waals surface area contributed by atoms with E-state index in [-0.39, 0.29) is 0 Å². The maximum atomic E-state index is 13.1.